The summed E-state index contributed by atoms with van der Waals surface area (Å²) in [6.07, 6.45) is 4.26. The molecular formula is C29H69N7O4. The summed E-state index contributed by atoms with van der Waals surface area (Å²) in [5.74, 6) is -1.08. The van der Waals surface area contributed by atoms with E-state index in [0.29, 0.717) is 25.9 Å². The molecular weight excluding hydrogens is 510 g/mol. The molecule has 8 N–H and O–H groups in total. The van der Waals surface area contributed by atoms with E-state index in [4.69, 9.17) is 11.5 Å². The molecule has 40 heavy (non-hydrogen) atoms. The van der Waals surface area contributed by atoms with Gasteiger partial charge in [0.2, 0.25) is 23.6 Å². The molecule has 2 unspecified atom stereocenters. The number of amides is 4. The molecule has 4 amide bonds. The Morgan fingerprint density at radius 2 is 0.850 bits per heavy atom. The van der Waals surface area contributed by atoms with Crippen molar-refractivity contribution in [1.82, 2.24) is 26.2 Å². The van der Waals surface area contributed by atoms with E-state index in [1.807, 2.05) is 69.2 Å². The highest BCUT2D eigenvalue weighted by Gasteiger charge is 2.13. The zero-order valence-corrected chi connectivity index (χ0v) is 28.5. The van der Waals surface area contributed by atoms with Crippen LogP contribution in [0.5, 0.6) is 0 Å². The first-order valence-electron chi connectivity index (χ1n) is 15.4. The van der Waals surface area contributed by atoms with Gasteiger partial charge in [-0.25, -0.2) is 0 Å². The predicted octanol–water partition coefficient (Wildman–Crippen LogP) is 2.77. The minimum atomic E-state index is -0.380. The molecule has 0 spiro atoms. The van der Waals surface area contributed by atoms with Crippen LogP contribution in [0.3, 0.4) is 0 Å². The van der Waals surface area contributed by atoms with Gasteiger partial charge in [-0.05, 0) is 59.7 Å². The number of primary amides is 2. The zero-order chi connectivity index (χ0) is 32.9. The monoisotopic (exact) mass is 580 g/mol. The van der Waals surface area contributed by atoms with Crippen LogP contribution in [-0.2, 0) is 19.2 Å². The Bertz CT molecular complexity index is 504. The van der Waals surface area contributed by atoms with E-state index in [1.165, 1.54) is 0 Å². The lowest BCUT2D eigenvalue weighted by atomic mass is 10.1. The number of hydrogen-bond donors (Lipinski definition) is 6. The van der Waals surface area contributed by atoms with Gasteiger partial charge in [-0.2, -0.15) is 0 Å². The number of nitrogens with one attached hydrogen (secondary N) is 4. The minimum Gasteiger partial charge on any atom is -0.368 e. The third-order valence-electron chi connectivity index (χ3n) is 4.69. The zero-order valence-electron chi connectivity index (χ0n) is 28.5. The fraction of sp³-hybridized carbons (Fsp3) is 0.862. The number of nitrogens with two attached hydrogens (primary N) is 2. The van der Waals surface area contributed by atoms with Gasteiger partial charge in [-0.3, -0.25) is 24.1 Å². The van der Waals surface area contributed by atoms with Gasteiger partial charge < -0.3 is 32.7 Å². The summed E-state index contributed by atoms with van der Waals surface area (Å²) in [6, 6.07) is -0.698. The molecule has 0 aliphatic rings. The molecule has 0 fully saturated rings. The molecule has 0 bridgehead atoms. The molecule has 0 aliphatic heterocycles. The molecule has 0 aromatic carbocycles. The summed E-state index contributed by atoms with van der Waals surface area (Å²) in [5, 5.41) is 11.3. The third-order valence-corrected chi connectivity index (χ3v) is 4.69. The van der Waals surface area contributed by atoms with E-state index >= 15 is 0 Å². The van der Waals surface area contributed by atoms with Crippen molar-refractivity contribution < 1.29 is 19.2 Å². The summed E-state index contributed by atoms with van der Waals surface area (Å²) >= 11 is 0. The van der Waals surface area contributed by atoms with E-state index < -0.39 is 0 Å². The van der Waals surface area contributed by atoms with Crippen LogP contribution in [0, 0.1) is 0 Å². The van der Waals surface area contributed by atoms with Crippen molar-refractivity contribution in [2.24, 2.45) is 11.5 Å². The van der Waals surface area contributed by atoms with E-state index in [0.717, 1.165) is 25.7 Å². The average Bonchev–Trinajstić information content (AvgIpc) is 2.97. The fourth-order valence-electron chi connectivity index (χ4n) is 2.92. The maximum Gasteiger partial charge on any atom is 0.234 e. The van der Waals surface area contributed by atoms with Crippen LogP contribution in [0.1, 0.15) is 108 Å². The number of carbonyl (C=O) groups excluding carboxylic acids is 4. The topological polar surface area (TPSA) is 172 Å². The van der Waals surface area contributed by atoms with Crippen molar-refractivity contribution >= 4 is 23.6 Å². The van der Waals surface area contributed by atoms with Crippen LogP contribution in [0.2, 0.25) is 0 Å². The number of carbonyl (C=O) groups is 4. The van der Waals surface area contributed by atoms with Gasteiger partial charge in [-0.1, -0.05) is 69.2 Å². The summed E-state index contributed by atoms with van der Waals surface area (Å²) < 4.78 is 0. The Hall–Kier alpha value is -2.24. The normalized spacial score (nSPS) is 10.4. The molecule has 0 aromatic rings. The molecule has 0 radical (unpaired) electrons. The molecule has 11 nitrogen and oxygen atoms in total. The van der Waals surface area contributed by atoms with E-state index in [9.17, 15) is 19.2 Å². The molecule has 0 heterocycles. The second kappa shape index (κ2) is 43.8. The number of unbranched alkanes of at least 4 members (excludes halogenated alkanes) is 2. The van der Waals surface area contributed by atoms with E-state index in [1.54, 1.807) is 26.0 Å². The van der Waals surface area contributed by atoms with E-state index in [2.05, 4.69) is 21.3 Å². The Morgan fingerprint density at radius 3 is 1.07 bits per heavy atom. The quantitative estimate of drug-likeness (QED) is 0.135. The van der Waals surface area contributed by atoms with Gasteiger partial charge in [0.1, 0.15) is 0 Å². The maximum atomic E-state index is 11.9. The molecule has 11 heteroatoms. The highest BCUT2D eigenvalue weighted by Crippen LogP contribution is 2.00. The standard InChI is InChI=1S/C19H39N7O4.5C2H6/c1-22-14(18(20)29)8-4-6-10-24-16(27)12-26(3)13-17(28)25-11-7-5-9-15(23-2)19(21)30;5*1-2/h14-15,22-23H,4-13H2,1-3H3,(H2,20,29)(H2,21,30)(H,24,27)(H,25,28);5*1-2H3. The number of nitrogens with zero attached hydrogens (tertiary/aromatic N) is 1. The number of rotatable bonds is 18. The minimum absolute atomic E-state index is 0.121. The Morgan fingerprint density at radius 1 is 0.575 bits per heavy atom. The Balaban J connectivity index is -0.000000258. The summed E-state index contributed by atoms with van der Waals surface area (Å²) in [7, 11) is 5.08. The molecule has 0 aromatic heterocycles. The average molecular weight is 580 g/mol. The van der Waals surface area contributed by atoms with Crippen LogP contribution >= 0.6 is 0 Å². The highest BCUT2D eigenvalue weighted by molar-refractivity contribution is 5.81. The third kappa shape index (κ3) is 37.9. The second-order valence-electron chi connectivity index (χ2n) is 7.35. The molecule has 0 rings (SSSR count). The van der Waals surface area contributed by atoms with Crippen molar-refractivity contribution in [2.45, 2.75) is 120 Å². The smallest absolute Gasteiger partial charge is 0.234 e. The summed E-state index contributed by atoms with van der Waals surface area (Å²) in [6.45, 7) is 21.3. The van der Waals surface area contributed by atoms with Crippen LogP contribution in [-0.4, -0.2) is 87.9 Å². The molecule has 244 valence electrons. The van der Waals surface area contributed by atoms with Crippen LogP contribution in [0.4, 0.5) is 0 Å². The number of likely N-dealkylation sites (N-methyl/N-ethyl adjacent to an activating group) is 3. The first-order chi connectivity index (χ1) is 19.2. The van der Waals surface area contributed by atoms with Crippen molar-refractivity contribution in [1.29, 1.82) is 0 Å². The molecule has 2 atom stereocenters. The predicted molar refractivity (Wildman–Crippen MR) is 172 cm³/mol. The van der Waals surface area contributed by atoms with Crippen molar-refractivity contribution in [2.75, 3.05) is 47.3 Å². The lowest BCUT2D eigenvalue weighted by molar-refractivity contribution is -0.125. The van der Waals surface area contributed by atoms with E-state index in [-0.39, 0.29) is 48.8 Å². The van der Waals surface area contributed by atoms with Crippen LogP contribution in [0.25, 0.3) is 0 Å². The summed E-state index contributed by atoms with van der Waals surface area (Å²) in [4.78, 5) is 47.7. The fourth-order valence-corrected chi connectivity index (χ4v) is 2.92. The van der Waals surface area contributed by atoms with Gasteiger partial charge in [0, 0.05) is 13.1 Å². The molecule has 0 saturated heterocycles. The number of hydrogen-bond acceptors (Lipinski definition) is 7. The molecule has 0 aliphatic carbocycles. The maximum absolute atomic E-state index is 11.9. The van der Waals surface area contributed by atoms with Crippen LogP contribution in [0.15, 0.2) is 0 Å². The highest BCUT2D eigenvalue weighted by atomic mass is 16.2. The van der Waals surface area contributed by atoms with Crippen LogP contribution < -0.4 is 32.7 Å². The van der Waals surface area contributed by atoms with Gasteiger partial charge in [0.25, 0.3) is 0 Å². The van der Waals surface area contributed by atoms with Gasteiger partial charge in [0.15, 0.2) is 0 Å². The van der Waals surface area contributed by atoms with Gasteiger partial charge in [0.05, 0.1) is 25.2 Å². The molecule has 0 saturated carbocycles. The van der Waals surface area contributed by atoms with Gasteiger partial charge in [-0.15, -0.1) is 0 Å². The Labute approximate surface area is 247 Å². The lowest BCUT2D eigenvalue weighted by Crippen LogP contribution is -2.41. The second-order valence-corrected chi connectivity index (χ2v) is 7.35. The largest absolute Gasteiger partial charge is 0.368 e. The lowest BCUT2D eigenvalue weighted by Gasteiger charge is -2.16. The van der Waals surface area contributed by atoms with Crippen molar-refractivity contribution in [3.8, 4) is 0 Å². The van der Waals surface area contributed by atoms with Crippen molar-refractivity contribution in [3.63, 3.8) is 0 Å². The Kier molecular flexibility index (Phi) is 55.4. The SMILES string of the molecule is CC.CC.CC.CC.CC.CNC(CCCCNC(=O)CN(C)CC(=O)NCCCCC(NC)C(N)=O)C(N)=O. The first-order valence-corrected chi connectivity index (χ1v) is 15.4. The summed E-state index contributed by atoms with van der Waals surface area (Å²) in [5.41, 5.74) is 10.5. The van der Waals surface area contributed by atoms with Crippen molar-refractivity contribution in [3.05, 3.63) is 0 Å². The first kappa shape index (κ1) is 50.6. The van der Waals surface area contributed by atoms with Gasteiger partial charge >= 0.3 is 0 Å².